The van der Waals surface area contributed by atoms with E-state index in [-0.39, 0.29) is 12.8 Å². The van der Waals surface area contributed by atoms with Gasteiger partial charge in [0.25, 0.3) is 23.6 Å². The fraction of sp³-hybridized carbons (Fsp3) is 0.706. The summed E-state index contributed by atoms with van der Waals surface area (Å²) in [5.74, 6) is -4.27. The molecular formula is C17H20N2O9. The van der Waals surface area contributed by atoms with Gasteiger partial charge in [0.1, 0.15) is 0 Å². The Morgan fingerprint density at radius 2 is 1.21 bits per heavy atom. The van der Waals surface area contributed by atoms with Crippen molar-refractivity contribution in [1.29, 1.82) is 0 Å². The fourth-order valence-corrected chi connectivity index (χ4v) is 4.04. The Bertz CT molecular complexity index is 653. The molecule has 4 fully saturated rings. The number of hydrogen-bond acceptors (Lipinski definition) is 9. The second-order valence-corrected chi connectivity index (χ2v) is 7.21. The highest BCUT2D eigenvalue weighted by atomic mass is 16.9. The maximum absolute atomic E-state index is 12.4. The number of hydrogen-bond donors (Lipinski definition) is 0. The van der Waals surface area contributed by atoms with Crippen molar-refractivity contribution in [3.8, 4) is 0 Å². The van der Waals surface area contributed by atoms with E-state index in [4.69, 9.17) is 9.47 Å². The van der Waals surface area contributed by atoms with Crippen LogP contribution in [-0.4, -0.2) is 65.3 Å². The fourth-order valence-electron chi connectivity index (χ4n) is 4.04. The van der Waals surface area contributed by atoms with E-state index in [0.717, 1.165) is 12.8 Å². The molecule has 4 aliphatic rings. The number of amides is 4. The first kappa shape index (κ1) is 18.8. The van der Waals surface area contributed by atoms with Gasteiger partial charge < -0.3 is 9.47 Å². The highest BCUT2D eigenvalue weighted by Gasteiger charge is 2.49. The molecule has 2 unspecified atom stereocenters. The van der Waals surface area contributed by atoms with Crippen molar-refractivity contribution in [2.45, 2.75) is 50.7 Å². The average molecular weight is 396 g/mol. The second kappa shape index (κ2) is 7.47. The van der Waals surface area contributed by atoms with Gasteiger partial charge in [-0.2, -0.15) is 4.79 Å². The van der Waals surface area contributed by atoms with E-state index in [1.165, 1.54) is 0 Å². The second-order valence-electron chi connectivity index (χ2n) is 7.21. The van der Waals surface area contributed by atoms with Crippen LogP contribution in [-0.2, 0) is 38.3 Å². The minimum absolute atomic E-state index is 0.139. The van der Waals surface area contributed by atoms with Crippen LogP contribution in [0.1, 0.15) is 38.5 Å². The third-order valence-electron chi connectivity index (χ3n) is 5.44. The maximum Gasteiger partial charge on any atom is 0.560 e. The predicted octanol–water partition coefficient (Wildman–Crippen LogP) is 0.0778. The van der Waals surface area contributed by atoms with Crippen LogP contribution in [0.3, 0.4) is 0 Å². The molecule has 4 aliphatic heterocycles. The normalized spacial score (nSPS) is 33.3. The summed E-state index contributed by atoms with van der Waals surface area (Å²) in [7, 11) is 0. The summed E-state index contributed by atoms with van der Waals surface area (Å²) in [6.45, 7) is 1.02. The summed E-state index contributed by atoms with van der Waals surface area (Å²) in [4.78, 5) is 70.1. The Morgan fingerprint density at radius 3 is 1.57 bits per heavy atom. The number of carbonyl (C=O) groups excluding carboxylic acids is 5. The van der Waals surface area contributed by atoms with E-state index >= 15 is 0 Å². The van der Waals surface area contributed by atoms with Gasteiger partial charge in [0.2, 0.25) is 0 Å². The van der Waals surface area contributed by atoms with Gasteiger partial charge in [-0.1, -0.05) is 10.1 Å². The Kier molecular flexibility index (Phi) is 5.02. The molecule has 4 atom stereocenters. The van der Waals surface area contributed by atoms with Crippen molar-refractivity contribution in [1.82, 2.24) is 10.1 Å². The van der Waals surface area contributed by atoms with E-state index in [2.05, 4.69) is 9.68 Å². The van der Waals surface area contributed by atoms with E-state index in [1.54, 1.807) is 0 Å². The zero-order chi connectivity index (χ0) is 19.8. The van der Waals surface area contributed by atoms with Gasteiger partial charge in [0.15, 0.2) is 0 Å². The Labute approximate surface area is 159 Å². The largest absolute Gasteiger partial charge is 0.560 e. The molecule has 0 aromatic rings. The highest BCUT2D eigenvalue weighted by molar-refractivity contribution is 6.04. The third kappa shape index (κ3) is 3.35. The smallest absolute Gasteiger partial charge is 0.377 e. The van der Waals surface area contributed by atoms with Crippen LogP contribution in [0.4, 0.5) is 4.79 Å². The lowest BCUT2D eigenvalue weighted by Crippen LogP contribution is -2.40. The minimum Gasteiger partial charge on any atom is -0.377 e. The summed E-state index contributed by atoms with van der Waals surface area (Å²) in [5, 5.41) is 0.633. The van der Waals surface area contributed by atoms with Crippen molar-refractivity contribution in [2.24, 2.45) is 11.8 Å². The lowest BCUT2D eigenvalue weighted by atomic mass is 9.98. The van der Waals surface area contributed by atoms with E-state index in [0.29, 0.717) is 36.2 Å². The molecule has 152 valence electrons. The quantitative estimate of drug-likeness (QED) is 0.607. The lowest BCUT2D eigenvalue weighted by Gasteiger charge is -2.18. The Balaban J connectivity index is 1.35. The average Bonchev–Trinajstić information content (AvgIpc) is 3.44. The molecule has 4 saturated heterocycles. The van der Waals surface area contributed by atoms with E-state index < -0.39 is 53.8 Å². The van der Waals surface area contributed by atoms with E-state index in [1.807, 2.05) is 0 Å². The molecule has 0 aliphatic carbocycles. The number of nitrogens with zero attached hydrogens (tertiary/aromatic N) is 2. The topological polar surface area (TPSA) is 129 Å². The molecule has 11 nitrogen and oxygen atoms in total. The summed E-state index contributed by atoms with van der Waals surface area (Å²) >= 11 is 0. The number of rotatable bonds is 4. The van der Waals surface area contributed by atoms with Crippen LogP contribution in [0.5, 0.6) is 0 Å². The van der Waals surface area contributed by atoms with Gasteiger partial charge >= 0.3 is 6.16 Å². The van der Waals surface area contributed by atoms with Crippen LogP contribution in [0.25, 0.3) is 0 Å². The zero-order valence-corrected chi connectivity index (χ0v) is 15.0. The number of ether oxygens (including phenoxy) is 2. The van der Waals surface area contributed by atoms with Gasteiger partial charge in [0.05, 0.1) is 24.0 Å². The molecule has 4 rings (SSSR count). The molecule has 0 aromatic carbocycles. The molecule has 4 heterocycles. The lowest BCUT2D eigenvalue weighted by molar-refractivity contribution is -0.200. The zero-order valence-electron chi connectivity index (χ0n) is 15.0. The van der Waals surface area contributed by atoms with Gasteiger partial charge in [0, 0.05) is 26.1 Å². The highest BCUT2D eigenvalue weighted by Crippen LogP contribution is 2.32. The van der Waals surface area contributed by atoms with Crippen molar-refractivity contribution in [2.75, 3.05) is 13.2 Å². The van der Waals surface area contributed by atoms with Crippen LogP contribution in [0.15, 0.2) is 0 Å². The SMILES string of the molecule is O=C(ON1C(=O)C[C@@H](C2CCCO2)C1=O)ON1C(=O)C[C@@H](C2CCCO2)C1=O. The standard InChI is InChI=1S/C17H20N2O9/c20-13-7-9(11-3-1-5-25-11)15(22)18(13)27-17(24)28-19-14(21)8-10(16(19)23)12-4-2-6-26-12/h9-12H,1-8H2/t9-,10-,11?,12?/m0/s1. The van der Waals surface area contributed by atoms with Crippen LogP contribution in [0, 0.1) is 11.8 Å². The Hall–Kier alpha value is -2.53. The molecular weight excluding hydrogens is 376 g/mol. The summed E-state index contributed by atoms with van der Waals surface area (Å²) in [5.41, 5.74) is 0. The maximum atomic E-state index is 12.4. The molecule has 0 N–H and O–H groups in total. The Morgan fingerprint density at radius 1 is 0.786 bits per heavy atom. The number of carbonyl (C=O) groups is 5. The van der Waals surface area contributed by atoms with Crippen LogP contribution >= 0.6 is 0 Å². The van der Waals surface area contributed by atoms with Gasteiger partial charge in [-0.05, 0) is 25.7 Å². The molecule has 0 aromatic heterocycles. The van der Waals surface area contributed by atoms with Crippen LogP contribution in [0.2, 0.25) is 0 Å². The van der Waals surface area contributed by atoms with E-state index in [9.17, 15) is 24.0 Å². The molecule has 0 radical (unpaired) electrons. The molecule has 0 saturated carbocycles. The molecule has 0 spiro atoms. The first-order valence-electron chi connectivity index (χ1n) is 9.32. The number of imide groups is 2. The van der Waals surface area contributed by atoms with Gasteiger partial charge in [-0.15, -0.1) is 0 Å². The van der Waals surface area contributed by atoms with Gasteiger partial charge in [-0.25, -0.2) is 0 Å². The molecule has 4 amide bonds. The first-order chi connectivity index (χ1) is 13.5. The van der Waals surface area contributed by atoms with Crippen molar-refractivity contribution in [3.63, 3.8) is 0 Å². The molecule has 11 heteroatoms. The molecule has 0 bridgehead atoms. The van der Waals surface area contributed by atoms with Crippen molar-refractivity contribution >= 4 is 29.8 Å². The summed E-state index contributed by atoms with van der Waals surface area (Å²) in [6.07, 6.45) is 0.285. The monoisotopic (exact) mass is 396 g/mol. The third-order valence-corrected chi connectivity index (χ3v) is 5.44. The summed E-state index contributed by atoms with van der Waals surface area (Å²) < 4.78 is 10.8. The first-order valence-corrected chi connectivity index (χ1v) is 9.32. The summed E-state index contributed by atoms with van der Waals surface area (Å²) in [6, 6.07) is 0. The van der Waals surface area contributed by atoms with Crippen LogP contribution < -0.4 is 0 Å². The molecule has 28 heavy (non-hydrogen) atoms. The minimum atomic E-state index is -1.51. The number of hydroxylamine groups is 4. The van der Waals surface area contributed by atoms with Crippen molar-refractivity contribution in [3.05, 3.63) is 0 Å². The van der Waals surface area contributed by atoms with Gasteiger partial charge in [-0.3, -0.25) is 28.9 Å². The van der Waals surface area contributed by atoms with Crippen molar-refractivity contribution < 1.29 is 43.1 Å². The predicted molar refractivity (Wildman–Crippen MR) is 85.4 cm³/mol.